The second-order valence-electron chi connectivity index (χ2n) is 2.64. The van der Waals surface area contributed by atoms with Crippen LogP contribution in [0.15, 0.2) is 28.2 Å². The molecule has 0 saturated carbocycles. The van der Waals surface area contributed by atoms with E-state index in [1.165, 1.54) is 17.6 Å². The number of nitrogens with zero attached hydrogens (tertiary/aromatic N) is 1. The molecule has 0 amide bonds. The first-order chi connectivity index (χ1) is 6.81. The first kappa shape index (κ1) is 9.11. The Labute approximate surface area is 84.4 Å². The van der Waals surface area contributed by atoms with Gasteiger partial charge in [0.15, 0.2) is 5.76 Å². The number of furan rings is 1. The van der Waals surface area contributed by atoms with Crippen molar-refractivity contribution < 1.29 is 9.21 Å². The van der Waals surface area contributed by atoms with E-state index in [0.29, 0.717) is 18.0 Å². The molecule has 14 heavy (non-hydrogen) atoms. The summed E-state index contributed by atoms with van der Waals surface area (Å²) in [7, 11) is 0. The molecular weight excluding hydrogens is 200 g/mol. The Bertz CT molecular complexity index is 433. The van der Waals surface area contributed by atoms with Crippen molar-refractivity contribution in [3.8, 4) is 0 Å². The summed E-state index contributed by atoms with van der Waals surface area (Å²) in [5.74, 6) is 0.102. The van der Waals surface area contributed by atoms with Crippen LogP contribution in [0.2, 0.25) is 0 Å². The highest BCUT2D eigenvalue weighted by atomic mass is 32.1. The monoisotopic (exact) mass is 208 g/mol. The van der Waals surface area contributed by atoms with Crippen molar-refractivity contribution in [2.45, 2.75) is 6.54 Å². The van der Waals surface area contributed by atoms with Crippen molar-refractivity contribution in [2.24, 2.45) is 5.73 Å². The van der Waals surface area contributed by atoms with Crippen LogP contribution < -0.4 is 5.73 Å². The quantitative estimate of drug-likeness (QED) is 0.774. The Morgan fingerprint density at radius 3 is 3.07 bits per heavy atom. The van der Waals surface area contributed by atoms with Gasteiger partial charge in [0.2, 0.25) is 5.78 Å². The zero-order chi connectivity index (χ0) is 9.97. The molecule has 0 aromatic carbocycles. The van der Waals surface area contributed by atoms with Crippen LogP contribution in [-0.2, 0) is 6.54 Å². The molecule has 0 aliphatic rings. The molecule has 0 radical (unpaired) electrons. The normalized spacial score (nSPS) is 10.4. The standard InChI is InChI=1S/C9H8N2O2S/c10-4-8-11-6(5-14-8)9(12)7-2-1-3-13-7/h1-3,5H,4,10H2. The second kappa shape index (κ2) is 3.73. The Hall–Kier alpha value is -1.46. The number of rotatable bonds is 3. The van der Waals surface area contributed by atoms with Crippen molar-refractivity contribution in [2.75, 3.05) is 0 Å². The van der Waals surface area contributed by atoms with Crippen LogP contribution >= 0.6 is 11.3 Å². The fraction of sp³-hybridized carbons (Fsp3) is 0.111. The third-order valence-corrected chi connectivity index (χ3v) is 2.58. The highest BCUT2D eigenvalue weighted by molar-refractivity contribution is 7.09. The van der Waals surface area contributed by atoms with Crippen LogP contribution in [0.1, 0.15) is 21.3 Å². The van der Waals surface area contributed by atoms with E-state index in [2.05, 4.69) is 4.98 Å². The minimum atomic E-state index is -0.203. The lowest BCUT2D eigenvalue weighted by Crippen LogP contribution is -2.01. The Balaban J connectivity index is 2.28. The van der Waals surface area contributed by atoms with Crippen molar-refractivity contribution >= 4 is 17.1 Å². The van der Waals surface area contributed by atoms with Gasteiger partial charge in [0.25, 0.3) is 0 Å². The minimum Gasteiger partial charge on any atom is -0.461 e. The summed E-state index contributed by atoms with van der Waals surface area (Å²) in [6, 6.07) is 3.28. The topological polar surface area (TPSA) is 69.1 Å². The molecule has 0 bridgehead atoms. The lowest BCUT2D eigenvalue weighted by atomic mass is 10.2. The van der Waals surface area contributed by atoms with Gasteiger partial charge in [-0.05, 0) is 12.1 Å². The fourth-order valence-electron chi connectivity index (χ4n) is 1.04. The van der Waals surface area contributed by atoms with E-state index in [9.17, 15) is 4.79 Å². The van der Waals surface area contributed by atoms with Crippen LogP contribution in [0.3, 0.4) is 0 Å². The van der Waals surface area contributed by atoms with Crippen LogP contribution in [0.5, 0.6) is 0 Å². The number of ketones is 1. The van der Waals surface area contributed by atoms with Gasteiger partial charge in [0.05, 0.1) is 6.26 Å². The smallest absolute Gasteiger partial charge is 0.247 e. The van der Waals surface area contributed by atoms with E-state index in [-0.39, 0.29) is 5.78 Å². The second-order valence-corrected chi connectivity index (χ2v) is 3.58. The molecule has 4 nitrogen and oxygen atoms in total. The average molecular weight is 208 g/mol. The van der Waals surface area contributed by atoms with E-state index in [0.717, 1.165) is 5.01 Å². The molecule has 0 saturated heterocycles. The van der Waals surface area contributed by atoms with E-state index in [1.807, 2.05) is 0 Å². The molecule has 0 fully saturated rings. The number of hydrogen-bond acceptors (Lipinski definition) is 5. The van der Waals surface area contributed by atoms with Crippen molar-refractivity contribution in [3.63, 3.8) is 0 Å². The Morgan fingerprint density at radius 1 is 1.64 bits per heavy atom. The number of aromatic nitrogens is 1. The van der Waals surface area contributed by atoms with Gasteiger partial charge >= 0.3 is 0 Å². The predicted molar refractivity (Wildman–Crippen MR) is 52.1 cm³/mol. The first-order valence-corrected chi connectivity index (χ1v) is 4.92. The van der Waals surface area contributed by atoms with E-state index in [4.69, 9.17) is 10.2 Å². The van der Waals surface area contributed by atoms with Gasteiger partial charge in [-0.3, -0.25) is 4.79 Å². The number of carbonyl (C=O) groups is 1. The van der Waals surface area contributed by atoms with Gasteiger partial charge in [-0.2, -0.15) is 0 Å². The van der Waals surface area contributed by atoms with Gasteiger partial charge in [0.1, 0.15) is 10.7 Å². The Morgan fingerprint density at radius 2 is 2.50 bits per heavy atom. The summed E-state index contributed by atoms with van der Waals surface area (Å²) < 4.78 is 4.98. The SMILES string of the molecule is NCc1nc(C(=O)c2ccco2)cs1. The number of nitrogens with two attached hydrogens (primary N) is 1. The van der Waals surface area contributed by atoms with Crippen LogP contribution in [0, 0.1) is 0 Å². The van der Waals surface area contributed by atoms with Gasteiger partial charge in [-0.25, -0.2) is 4.98 Å². The number of hydrogen-bond donors (Lipinski definition) is 1. The van der Waals surface area contributed by atoms with Crippen molar-refractivity contribution in [1.82, 2.24) is 4.98 Å². The van der Waals surface area contributed by atoms with Gasteiger partial charge in [-0.1, -0.05) is 0 Å². The molecule has 2 rings (SSSR count). The molecular formula is C9H8N2O2S. The summed E-state index contributed by atoms with van der Waals surface area (Å²) in [5, 5.41) is 2.44. The molecule has 2 aromatic heterocycles. The zero-order valence-electron chi connectivity index (χ0n) is 7.27. The van der Waals surface area contributed by atoms with Crippen molar-refractivity contribution in [1.29, 1.82) is 0 Å². The largest absolute Gasteiger partial charge is 0.461 e. The maximum Gasteiger partial charge on any atom is 0.247 e. The first-order valence-electron chi connectivity index (χ1n) is 4.04. The highest BCUT2D eigenvalue weighted by Crippen LogP contribution is 2.13. The fourth-order valence-corrected chi connectivity index (χ4v) is 1.70. The summed E-state index contributed by atoms with van der Waals surface area (Å²) >= 11 is 1.38. The van der Waals surface area contributed by atoms with E-state index in [1.54, 1.807) is 17.5 Å². The maximum absolute atomic E-state index is 11.6. The van der Waals surface area contributed by atoms with E-state index >= 15 is 0 Å². The van der Waals surface area contributed by atoms with Crippen LogP contribution in [0.25, 0.3) is 0 Å². The molecule has 0 atom stereocenters. The third kappa shape index (κ3) is 1.59. The lowest BCUT2D eigenvalue weighted by Gasteiger charge is -1.90. The number of thiazole rings is 1. The van der Waals surface area contributed by atoms with Crippen LogP contribution in [-0.4, -0.2) is 10.8 Å². The third-order valence-electron chi connectivity index (χ3n) is 1.70. The summed E-state index contributed by atoms with van der Waals surface area (Å²) in [6.45, 7) is 0.357. The van der Waals surface area contributed by atoms with Gasteiger partial charge < -0.3 is 10.2 Å². The minimum absolute atomic E-state index is 0.203. The highest BCUT2D eigenvalue weighted by Gasteiger charge is 2.14. The molecule has 0 unspecified atom stereocenters. The predicted octanol–water partition coefficient (Wildman–Crippen LogP) is 1.43. The number of carbonyl (C=O) groups excluding carboxylic acids is 1. The van der Waals surface area contributed by atoms with Gasteiger partial charge in [-0.15, -0.1) is 11.3 Å². The van der Waals surface area contributed by atoms with Crippen LogP contribution in [0.4, 0.5) is 0 Å². The van der Waals surface area contributed by atoms with E-state index < -0.39 is 0 Å². The Kier molecular flexibility index (Phi) is 2.43. The zero-order valence-corrected chi connectivity index (χ0v) is 8.08. The molecule has 0 aliphatic heterocycles. The molecule has 72 valence electrons. The lowest BCUT2D eigenvalue weighted by molar-refractivity contribution is 0.100. The average Bonchev–Trinajstić information content (AvgIpc) is 2.88. The molecule has 2 aromatic rings. The molecule has 2 heterocycles. The summed E-state index contributed by atoms with van der Waals surface area (Å²) in [6.07, 6.45) is 1.46. The molecule has 5 heteroatoms. The molecule has 0 spiro atoms. The summed E-state index contributed by atoms with van der Waals surface area (Å²) in [4.78, 5) is 15.7. The van der Waals surface area contributed by atoms with Gasteiger partial charge in [0, 0.05) is 11.9 Å². The molecule has 2 N–H and O–H groups in total. The van der Waals surface area contributed by atoms with Crippen molar-refractivity contribution in [3.05, 3.63) is 40.2 Å². The molecule has 0 aliphatic carbocycles. The summed E-state index contributed by atoms with van der Waals surface area (Å²) in [5.41, 5.74) is 5.79. The maximum atomic E-state index is 11.6.